The van der Waals surface area contributed by atoms with Gasteiger partial charge in [0, 0.05) is 6.07 Å². The molecule has 1 heterocycles. The van der Waals surface area contributed by atoms with Gasteiger partial charge in [-0.25, -0.2) is 9.78 Å². The number of ether oxygens (including phenoxy) is 4. The van der Waals surface area contributed by atoms with E-state index in [-0.39, 0.29) is 0 Å². The molecule has 27 heavy (non-hydrogen) atoms. The van der Waals surface area contributed by atoms with E-state index < -0.39 is 6.03 Å². The highest BCUT2D eigenvalue weighted by atomic mass is 32.1. The number of nitrogens with zero attached hydrogens (tertiary/aromatic N) is 1. The van der Waals surface area contributed by atoms with Gasteiger partial charge in [0.1, 0.15) is 33.2 Å². The number of rotatable bonds is 6. The Balaban J connectivity index is 1.82. The highest BCUT2D eigenvalue weighted by molar-refractivity contribution is 7.22. The maximum atomic E-state index is 12.4. The van der Waals surface area contributed by atoms with Crippen LogP contribution in [0.15, 0.2) is 30.3 Å². The van der Waals surface area contributed by atoms with E-state index in [0.29, 0.717) is 39.3 Å². The lowest BCUT2D eigenvalue weighted by atomic mass is 10.2. The van der Waals surface area contributed by atoms with Crippen LogP contribution in [0.3, 0.4) is 0 Å². The van der Waals surface area contributed by atoms with Crippen molar-refractivity contribution in [2.75, 3.05) is 39.1 Å². The van der Waals surface area contributed by atoms with Gasteiger partial charge in [0.05, 0.1) is 34.1 Å². The van der Waals surface area contributed by atoms with Crippen molar-refractivity contribution in [2.24, 2.45) is 0 Å². The first-order chi connectivity index (χ1) is 13.1. The first-order valence-electron chi connectivity index (χ1n) is 7.91. The SMILES string of the molecule is COc1ccc(NC(=O)Nc2nc3c(OC)ccc(OC)c3s2)c(OC)c1. The highest BCUT2D eigenvalue weighted by Gasteiger charge is 2.16. The summed E-state index contributed by atoms with van der Waals surface area (Å²) in [7, 11) is 6.22. The minimum atomic E-state index is -0.449. The summed E-state index contributed by atoms with van der Waals surface area (Å²) in [6, 6.07) is 8.23. The zero-order chi connectivity index (χ0) is 19.4. The average Bonchev–Trinajstić information content (AvgIpc) is 3.10. The smallest absolute Gasteiger partial charge is 0.325 e. The predicted octanol–water partition coefficient (Wildman–Crippen LogP) is 3.97. The lowest BCUT2D eigenvalue weighted by Crippen LogP contribution is -2.19. The van der Waals surface area contributed by atoms with Gasteiger partial charge in [-0.15, -0.1) is 0 Å². The van der Waals surface area contributed by atoms with Crippen molar-refractivity contribution in [3.63, 3.8) is 0 Å². The summed E-state index contributed by atoms with van der Waals surface area (Å²) >= 11 is 1.29. The summed E-state index contributed by atoms with van der Waals surface area (Å²) in [5, 5.41) is 5.87. The molecule has 0 aliphatic heterocycles. The molecule has 0 fully saturated rings. The summed E-state index contributed by atoms with van der Waals surface area (Å²) in [5.74, 6) is 2.38. The molecule has 0 aliphatic carbocycles. The van der Waals surface area contributed by atoms with Crippen LogP contribution in [0.1, 0.15) is 0 Å². The van der Waals surface area contributed by atoms with Crippen molar-refractivity contribution in [2.45, 2.75) is 0 Å². The third kappa shape index (κ3) is 3.82. The fraction of sp³-hybridized carbons (Fsp3) is 0.222. The van der Waals surface area contributed by atoms with E-state index in [4.69, 9.17) is 18.9 Å². The lowest BCUT2D eigenvalue weighted by Gasteiger charge is -2.11. The first-order valence-corrected chi connectivity index (χ1v) is 8.72. The second kappa shape index (κ2) is 8.00. The van der Waals surface area contributed by atoms with E-state index in [1.165, 1.54) is 18.4 Å². The molecule has 2 amide bonds. The van der Waals surface area contributed by atoms with E-state index in [1.807, 2.05) is 0 Å². The number of nitrogens with one attached hydrogen (secondary N) is 2. The molecule has 0 atom stereocenters. The second-order valence-corrected chi connectivity index (χ2v) is 6.31. The lowest BCUT2D eigenvalue weighted by molar-refractivity contribution is 0.262. The molecule has 0 saturated carbocycles. The molecule has 3 rings (SSSR count). The maximum absolute atomic E-state index is 12.4. The molecule has 142 valence electrons. The number of hydrogen-bond acceptors (Lipinski definition) is 7. The number of aromatic nitrogens is 1. The van der Waals surface area contributed by atoms with Gasteiger partial charge in [-0.1, -0.05) is 11.3 Å². The normalized spacial score (nSPS) is 10.4. The molecule has 9 heteroatoms. The monoisotopic (exact) mass is 389 g/mol. The van der Waals surface area contributed by atoms with Gasteiger partial charge in [-0.2, -0.15) is 0 Å². The second-order valence-electron chi connectivity index (χ2n) is 5.31. The molecule has 0 unspecified atom stereocenters. The van der Waals surface area contributed by atoms with E-state index in [2.05, 4.69) is 15.6 Å². The average molecular weight is 389 g/mol. The fourth-order valence-electron chi connectivity index (χ4n) is 2.49. The van der Waals surface area contributed by atoms with Crippen LogP contribution in [-0.4, -0.2) is 39.5 Å². The molecule has 0 aliphatic rings. The molecule has 0 spiro atoms. The van der Waals surface area contributed by atoms with E-state index in [9.17, 15) is 4.79 Å². The number of carbonyl (C=O) groups is 1. The van der Waals surface area contributed by atoms with Crippen LogP contribution in [0.4, 0.5) is 15.6 Å². The number of hydrogen-bond donors (Lipinski definition) is 2. The van der Waals surface area contributed by atoms with Crippen LogP contribution in [-0.2, 0) is 0 Å². The Morgan fingerprint density at radius 3 is 2.26 bits per heavy atom. The molecule has 2 N–H and O–H groups in total. The van der Waals surface area contributed by atoms with Gasteiger partial charge in [0.15, 0.2) is 5.13 Å². The minimum Gasteiger partial charge on any atom is -0.497 e. The Bertz CT molecular complexity index is 932. The Hall–Kier alpha value is -3.20. The molecular formula is C18H19N3O5S. The zero-order valence-corrected chi connectivity index (χ0v) is 16.1. The number of methoxy groups -OCH3 is 4. The predicted molar refractivity (Wildman–Crippen MR) is 105 cm³/mol. The van der Waals surface area contributed by atoms with Crippen molar-refractivity contribution in [3.05, 3.63) is 30.3 Å². The summed E-state index contributed by atoms with van der Waals surface area (Å²) in [6.07, 6.45) is 0. The number of benzene rings is 2. The summed E-state index contributed by atoms with van der Waals surface area (Å²) in [4.78, 5) is 16.8. The quantitative estimate of drug-likeness (QED) is 0.663. The molecule has 2 aromatic carbocycles. The van der Waals surface area contributed by atoms with E-state index >= 15 is 0 Å². The fourth-order valence-corrected chi connectivity index (χ4v) is 3.46. The van der Waals surface area contributed by atoms with Gasteiger partial charge in [0.25, 0.3) is 0 Å². The van der Waals surface area contributed by atoms with Gasteiger partial charge in [0.2, 0.25) is 0 Å². The van der Waals surface area contributed by atoms with Gasteiger partial charge < -0.3 is 24.3 Å². The first kappa shape index (κ1) is 18.6. The number of fused-ring (bicyclic) bond motifs is 1. The van der Waals surface area contributed by atoms with Crippen molar-refractivity contribution in [1.29, 1.82) is 0 Å². The van der Waals surface area contributed by atoms with Crippen LogP contribution in [0.5, 0.6) is 23.0 Å². The maximum Gasteiger partial charge on any atom is 0.325 e. The third-order valence-electron chi connectivity index (χ3n) is 3.79. The molecular weight excluding hydrogens is 370 g/mol. The van der Waals surface area contributed by atoms with Crippen LogP contribution in [0.2, 0.25) is 0 Å². The van der Waals surface area contributed by atoms with Gasteiger partial charge in [-0.05, 0) is 24.3 Å². The number of amides is 2. The van der Waals surface area contributed by atoms with Crippen molar-refractivity contribution < 1.29 is 23.7 Å². The zero-order valence-electron chi connectivity index (χ0n) is 15.3. The Morgan fingerprint density at radius 1 is 0.889 bits per heavy atom. The van der Waals surface area contributed by atoms with Crippen LogP contribution < -0.4 is 29.6 Å². The Kier molecular flexibility index (Phi) is 5.51. The Morgan fingerprint density at radius 2 is 1.59 bits per heavy atom. The third-order valence-corrected chi connectivity index (χ3v) is 4.77. The largest absolute Gasteiger partial charge is 0.497 e. The number of urea groups is 1. The number of thiazole rings is 1. The molecule has 0 saturated heterocycles. The molecule has 0 bridgehead atoms. The summed E-state index contributed by atoms with van der Waals surface area (Å²) < 4.78 is 21.9. The highest BCUT2D eigenvalue weighted by Crippen LogP contribution is 2.39. The van der Waals surface area contributed by atoms with Gasteiger partial charge in [-0.3, -0.25) is 5.32 Å². The van der Waals surface area contributed by atoms with E-state index in [1.54, 1.807) is 51.7 Å². The van der Waals surface area contributed by atoms with Crippen molar-refractivity contribution >= 4 is 38.4 Å². The summed E-state index contributed by atoms with van der Waals surface area (Å²) in [5.41, 5.74) is 1.13. The topological polar surface area (TPSA) is 90.9 Å². The van der Waals surface area contributed by atoms with Crippen LogP contribution >= 0.6 is 11.3 Å². The van der Waals surface area contributed by atoms with Crippen LogP contribution in [0, 0.1) is 0 Å². The van der Waals surface area contributed by atoms with E-state index in [0.717, 1.165) is 4.70 Å². The Labute approximate surface area is 160 Å². The molecule has 8 nitrogen and oxygen atoms in total. The number of anilines is 2. The molecule has 3 aromatic rings. The van der Waals surface area contributed by atoms with Crippen molar-refractivity contribution in [1.82, 2.24) is 4.98 Å². The summed E-state index contributed by atoms with van der Waals surface area (Å²) in [6.45, 7) is 0. The molecule has 1 aromatic heterocycles. The van der Waals surface area contributed by atoms with Crippen molar-refractivity contribution in [3.8, 4) is 23.0 Å². The van der Waals surface area contributed by atoms with Crippen LogP contribution in [0.25, 0.3) is 10.2 Å². The minimum absolute atomic E-state index is 0.415. The molecule has 0 radical (unpaired) electrons. The standard InChI is InChI=1S/C18H19N3O5S/c1-23-10-5-6-11(14(9-10)26-4)19-17(22)21-18-20-15-12(24-2)7-8-13(25-3)16(15)27-18/h5-9H,1-4H3,(H2,19,20,21,22). The van der Waals surface area contributed by atoms with Gasteiger partial charge >= 0.3 is 6.03 Å². The number of carbonyl (C=O) groups excluding carboxylic acids is 1.